The highest BCUT2D eigenvalue weighted by atomic mass is 32.1. The van der Waals surface area contributed by atoms with E-state index in [4.69, 9.17) is 19.7 Å². The molecule has 6 heteroatoms. The van der Waals surface area contributed by atoms with Gasteiger partial charge in [0.1, 0.15) is 11.5 Å². The lowest BCUT2D eigenvalue weighted by Gasteiger charge is -2.23. The van der Waals surface area contributed by atoms with Crippen LogP contribution in [0.5, 0.6) is 11.5 Å². The van der Waals surface area contributed by atoms with E-state index in [1.165, 1.54) is 47.4 Å². The van der Waals surface area contributed by atoms with Gasteiger partial charge in [-0.05, 0) is 64.2 Å². The zero-order valence-corrected chi connectivity index (χ0v) is 32.2. The number of hydrogen-bond acceptors (Lipinski definition) is 5. The minimum atomic E-state index is 0.616. The topological polar surface area (TPSA) is 52.8 Å². The maximum Gasteiger partial charge on any atom is 0.164 e. The molecular formula is C53H30N4OS. The molecule has 0 bridgehead atoms. The highest BCUT2D eigenvalue weighted by Gasteiger charge is 2.25. The van der Waals surface area contributed by atoms with Crippen molar-refractivity contribution in [2.45, 2.75) is 0 Å². The molecule has 0 atom stereocenters. The Labute approximate surface area is 342 Å². The van der Waals surface area contributed by atoms with Crippen molar-refractivity contribution in [3.8, 4) is 62.5 Å². The number of rotatable bonds is 4. The molecule has 12 aromatic rings. The highest BCUT2D eigenvalue weighted by molar-refractivity contribution is 7.26. The molecule has 0 N–H and O–H groups in total. The largest absolute Gasteiger partial charge is 0.456 e. The van der Waals surface area contributed by atoms with Crippen molar-refractivity contribution in [1.82, 2.24) is 19.5 Å². The summed E-state index contributed by atoms with van der Waals surface area (Å²) in [7, 11) is 0. The molecule has 0 aliphatic carbocycles. The molecule has 0 saturated heterocycles. The van der Waals surface area contributed by atoms with Crippen molar-refractivity contribution in [3.63, 3.8) is 0 Å². The van der Waals surface area contributed by atoms with E-state index in [0.717, 1.165) is 61.2 Å². The smallest absolute Gasteiger partial charge is 0.164 e. The Balaban J connectivity index is 0.983. The molecule has 59 heavy (non-hydrogen) atoms. The molecule has 3 aromatic heterocycles. The molecule has 1 aliphatic heterocycles. The summed E-state index contributed by atoms with van der Waals surface area (Å²) in [6.45, 7) is 0. The van der Waals surface area contributed by atoms with Crippen LogP contribution >= 0.6 is 11.3 Å². The van der Waals surface area contributed by atoms with E-state index in [2.05, 4.69) is 156 Å². The van der Waals surface area contributed by atoms with Crippen molar-refractivity contribution in [3.05, 3.63) is 182 Å². The Morgan fingerprint density at radius 2 is 1.15 bits per heavy atom. The summed E-state index contributed by atoms with van der Waals surface area (Å²) in [6, 6.07) is 64.2. The van der Waals surface area contributed by atoms with Gasteiger partial charge in [-0.2, -0.15) is 0 Å². The Kier molecular flexibility index (Phi) is 6.82. The van der Waals surface area contributed by atoms with Gasteiger partial charge in [0.2, 0.25) is 0 Å². The Morgan fingerprint density at radius 1 is 0.424 bits per heavy atom. The second-order valence-corrected chi connectivity index (χ2v) is 16.2. The highest BCUT2D eigenvalue weighted by Crippen LogP contribution is 2.50. The average molecular weight is 771 g/mol. The zero-order chi connectivity index (χ0) is 38.6. The summed E-state index contributed by atoms with van der Waals surface area (Å²) in [5.74, 6) is 3.52. The maximum atomic E-state index is 6.90. The van der Waals surface area contributed by atoms with Gasteiger partial charge in [-0.25, -0.2) is 15.0 Å². The zero-order valence-electron chi connectivity index (χ0n) is 31.4. The van der Waals surface area contributed by atoms with Crippen LogP contribution < -0.4 is 4.74 Å². The summed E-state index contributed by atoms with van der Waals surface area (Å²) < 4.78 is 11.9. The van der Waals surface area contributed by atoms with Crippen LogP contribution in [0.3, 0.4) is 0 Å². The molecule has 13 rings (SSSR count). The number of aromatic nitrogens is 4. The Bertz CT molecular complexity index is 3720. The Hall–Kier alpha value is -7.67. The molecule has 9 aromatic carbocycles. The molecule has 0 radical (unpaired) electrons. The summed E-state index contributed by atoms with van der Waals surface area (Å²) in [5.41, 5.74) is 8.43. The molecule has 0 amide bonds. The number of fused-ring (bicyclic) bond motifs is 10. The summed E-state index contributed by atoms with van der Waals surface area (Å²) >= 11 is 1.86. The van der Waals surface area contributed by atoms with E-state index in [0.29, 0.717) is 17.5 Å². The lowest BCUT2D eigenvalue weighted by molar-refractivity contribution is 0.487. The third-order valence-corrected chi connectivity index (χ3v) is 13.0. The van der Waals surface area contributed by atoms with Crippen LogP contribution in [0.25, 0.3) is 115 Å². The van der Waals surface area contributed by atoms with Crippen molar-refractivity contribution in [2.75, 3.05) is 0 Å². The number of para-hydroxylation sites is 1. The monoisotopic (exact) mass is 770 g/mol. The second-order valence-electron chi connectivity index (χ2n) is 15.1. The van der Waals surface area contributed by atoms with Crippen molar-refractivity contribution in [1.29, 1.82) is 0 Å². The summed E-state index contributed by atoms with van der Waals surface area (Å²) in [6.07, 6.45) is 0. The van der Waals surface area contributed by atoms with E-state index >= 15 is 0 Å². The third-order valence-electron chi connectivity index (χ3n) is 11.8. The minimum Gasteiger partial charge on any atom is -0.456 e. The van der Waals surface area contributed by atoms with Gasteiger partial charge < -0.3 is 9.30 Å². The normalized spacial score (nSPS) is 12.2. The van der Waals surface area contributed by atoms with Crippen molar-refractivity contribution >= 4 is 74.9 Å². The van der Waals surface area contributed by atoms with Crippen LogP contribution in [-0.4, -0.2) is 19.5 Å². The van der Waals surface area contributed by atoms with Crippen LogP contribution in [0.4, 0.5) is 0 Å². The number of benzene rings is 9. The van der Waals surface area contributed by atoms with Crippen LogP contribution in [0.1, 0.15) is 0 Å². The fourth-order valence-electron chi connectivity index (χ4n) is 9.12. The first kappa shape index (κ1) is 32.4. The van der Waals surface area contributed by atoms with Gasteiger partial charge >= 0.3 is 0 Å². The molecule has 0 spiro atoms. The van der Waals surface area contributed by atoms with Crippen molar-refractivity contribution < 1.29 is 4.74 Å². The molecule has 274 valence electrons. The van der Waals surface area contributed by atoms with Gasteiger partial charge in [0, 0.05) is 65.6 Å². The van der Waals surface area contributed by atoms with E-state index in [9.17, 15) is 0 Å². The quantitative estimate of drug-likeness (QED) is 0.179. The van der Waals surface area contributed by atoms with Crippen LogP contribution in [0, 0.1) is 0 Å². The van der Waals surface area contributed by atoms with Gasteiger partial charge in [0.25, 0.3) is 0 Å². The van der Waals surface area contributed by atoms with Gasteiger partial charge in [-0.1, -0.05) is 133 Å². The van der Waals surface area contributed by atoms with Gasteiger partial charge in [0.05, 0.1) is 15.7 Å². The molecule has 5 nitrogen and oxygen atoms in total. The fraction of sp³-hybridized carbons (Fsp3) is 0. The van der Waals surface area contributed by atoms with Gasteiger partial charge in [-0.15, -0.1) is 11.3 Å². The molecule has 4 heterocycles. The van der Waals surface area contributed by atoms with Crippen LogP contribution in [0.2, 0.25) is 0 Å². The minimum absolute atomic E-state index is 0.616. The lowest BCUT2D eigenvalue weighted by atomic mass is 9.92. The number of ether oxygens (including phenoxy) is 1. The number of nitrogens with zero attached hydrogens (tertiary/aromatic N) is 4. The first-order valence-corrected chi connectivity index (χ1v) is 20.6. The van der Waals surface area contributed by atoms with Crippen LogP contribution in [0.15, 0.2) is 182 Å². The second kappa shape index (κ2) is 12.4. The molecule has 0 unspecified atom stereocenters. The predicted octanol–water partition coefficient (Wildman–Crippen LogP) is 14.4. The third kappa shape index (κ3) is 4.87. The van der Waals surface area contributed by atoms with Crippen molar-refractivity contribution in [2.24, 2.45) is 0 Å². The first-order valence-electron chi connectivity index (χ1n) is 19.8. The average Bonchev–Trinajstić information content (AvgIpc) is 3.85. The fourth-order valence-corrected chi connectivity index (χ4v) is 10.4. The van der Waals surface area contributed by atoms with Crippen LogP contribution in [-0.2, 0) is 0 Å². The van der Waals surface area contributed by atoms with E-state index in [1.807, 2.05) is 41.7 Å². The molecule has 1 aliphatic rings. The summed E-state index contributed by atoms with van der Waals surface area (Å²) in [4.78, 5) is 15.3. The van der Waals surface area contributed by atoms with E-state index in [-0.39, 0.29) is 0 Å². The molecular weight excluding hydrogens is 741 g/mol. The van der Waals surface area contributed by atoms with Gasteiger partial charge in [-0.3, -0.25) is 0 Å². The Morgan fingerprint density at radius 3 is 2.07 bits per heavy atom. The maximum absolute atomic E-state index is 6.90. The lowest BCUT2D eigenvalue weighted by Crippen LogP contribution is -2.03. The van der Waals surface area contributed by atoms with Gasteiger partial charge in [0.15, 0.2) is 17.5 Å². The number of hydrogen-bond donors (Lipinski definition) is 0. The SMILES string of the molecule is c1ccc(-c2nc(-c3ccc4ccccc4c3)nc(-c3ccc4c5c(cccc35)-c3ccc(-n5c6ccccc6c6ccc7c8ccccc8sc7c65)cc3O4)n2)cc1. The summed E-state index contributed by atoms with van der Waals surface area (Å²) in [5, 5.41) is 9.45. The first-order chi connectivity index (χ1) is 29.2. The molecule has 0 saturated carbocycles. The van der Waals surface area contributed by atoms with E-state index in [1.54, 1.807) is 0 Å². The molecule has 0 fully saturated rings. The number of thiophene rings is 1. The standard InChI is InChI=1S/C53H30N4OS/c1-2-12-32(13-3-1)51-54-52(34-22-21-31-11-4-5-14-33(31)29-34)56-53(55-51)43-27-28-45-48-39(17-10-18-40(43)48)37-24-23-35(30-46(37)58-45)57-44-19-8-6-15-36(44)41-25-26-42-38-16-7-9-20-47(38)59-50(42)49(41)57/h1-30H. The predicted molar refractivity (Wildman–Crippen MR) is 244 cm³/mol. The van der Waals surface area contributed by atoms with E-state index < -0.39 is 0 Å².